The number of benzene rings is 1. The molecule has 6 rings (SSSR count). The number of para-hydroxylation sites is 1. The Morgan fingerprint density at radius 1 is 0.848 bits per heavy atom. The highest BCUT2D eigenvalue weighted by Gasteiger charge is 2.32. The first-order valence-electron chi connectivity index (χ1n) is 11.8. The number of piperidine rings is 1. The third kappa shape index (κ3) is 3.67. The number of nitrogens with zero attached hydrogens (tertiary/aromatic N) is 6. The van der Waals surface area contributed by atoms with Gasteiger partial charge in [-0.2, -0.15) is 0 Å². The zero-order valence-electron chi connectivity index (χ0n) is 18.7. The van der Waals surface area contributed by atoms with Gasteiger partial charge < -0.3 is 19.1 Å². The van der Waals surface area contributed by atoms with Gasteiger partial charge in [0, 0.05) is 57.3 Å². The fourth-order valence-corrected chi connectivity index (χ4v) is 5.28. The van der Waals surface area contributed by atoms with Crippen LogP contribution in [0.1, 0.15) is 12.8 Å². The third-order valence-corrected chi connectivity index (χ3v) is 7.00. The number of rotatable bonds is 3. The van der Waals surface area contributed by atoms with E-state index in [1.807, 2.05) is 24.3 Å². The zero-order valence-corrected chi connectivity index (χ0v) is 18.7. The maximum absolute atomic E-state index is 13.4. The summed E-state index contributed by atoms with van der Waals surface area (Å²) in [5.41, 5.74) is 4.05. The second kappa shape index (κ2) is 8.39. The van der Waals surface area contributed by atoms with Crippen LogP contribution in [0.15, 0.2) is 67.0 Å². The standard InChI is InChI=1S/C26H28N6O/c33-26(30-17-15-29(16-18-30)21-8-2-1-3-9-21)20-7-5-13-31(19-20)25-23-11-6-14-32(23)22-10-4-12-27-24(22)28-25/h1-4,6,8-12,14,20H,5,7,13,15-19H2. The number of aromatic nitrogens is 3. The van der Waals surface area contributed by atoms with Crippen LogP contribution in [0.2, 0.25) is 0 Å². The predicted molar refractivity (Wildman–Crippen MR) is 131 cm³/mol. The lowest BCUT2D eigenvalue weighted by Gasteiger charge is -2.40. The van der Waals surface area contributed by atoms with E-state index in [4.69, 9.17) is 4.98 Å². The largest absolute Gasteiger partial charge is 0.368 e. The van der Waals surface area contributed by atoms with Crippen molar-refractivity contribution >= 4 is 34.1 Å². The first-order valence-corrected chi connectivity index (χ1v) is 11.8. The average molecular weight is 441 g/mol. The number of hydrogen-bond donors (Lipinski definition) is 0. The van der Waals surface area contributed by atoms with E-state index in [1.165, 1.54) is 5.69 Å². The predicted octanol–water partition coefficient (Wildman–Crippen LogP) is 3.45. The number of carbonyl (C=O) groups is 1. The number of anilines is 2. The molecule has 2 aliphatic rings. The molecule has 2 saturated heterocycles. The fourth-order valence-electron chi connectivity index (χ4n) is 5.28. The molecule has 168 valence electrons. The Hall–Kier alpha value is -3.61. The summed E-state index contributed by atoms with van der Waals surface area (Å²) in [7, 11) is 0. The van der Waals surface area contributed by atoms with Gasteiger partial charge in [-0.25, -0.2) is 9.97 Å². The fraction of sp³-hybridized carbons (Fsp3) is 0.346. The monoisotopic (exact) mass is 440 g/mol. The molecule has 2 aliphatic heterocycles. The second-order valence-electron chi connectivity index (χ2n) is 8.98. The summed E-state index contributed by atoms with van der Waals surface area (Å²) in [6, 6.07) is 18.6. The molecule has 0 aliphatic carbocycles. The Morgan fingerprint density at radius 3 is 2.52 bits per heavy atom. The van der Waals surface area contributed by atoms with Crippen molar-refractivity contribution in [3.05, 3.63) is 67.0 Å². The van der Waals surface area contributed by atoms with E-state index >= 15 is 0 Å². The van der Waals surface area contributed by atoms with Gasteiger partial charge in [0.2, 0.25) is 5.91 Å². The van der Waals surface area contributed by atoms with Crippen LogP contribution in [0.25, 0.3) is 16.7 Å². The van der Waals surface area contributed by atoms with Crippen LogP contribution in [0.4, 0.5) is 11.5 Å². The van der Waals surface area contributed by atoms with E-state index in [0.29, 0.717) is 6.54 Å². The van der Waals surface area contributed by atoms with E-state index in [9.17, 15) is 4.79 Å². The molecule has 33 heavy (non-hydrogen) atoms. The van der Waals surface area contributed by atoms with Crippen LogP contribution >= 0.6 is 0 Å². The number of fused-ring (bicyclic) bond motifs is 3. The van der Waals surface area contributed by atoms with Crippen molar-refractivity contribution in [1.82, 2.24) is 19.3 Å². The highest BCUT2D eigenvalue weighted by atomic mass is 16.2. The van der Waals surface area contributed by atoms with E-state index in [2.05, 4.69) is 60.6 Å². The summed E-state index contributed by atoms with van der Waals surface area (Å²) in [4.78, 5) is 29.6. The molecule has 0 bridgehead atoms. The number of pyridine rings is 1. The highest BCUT2D eigenvalue weighted by molar-refractivity contribution is 5.84. The van der Waals surface area contributed by atoms with Gasteiger partial charge in [-0.3, -0.25) is 4.79 Å². The molecular formula is C26H28N6O. The van der Waals surface area contributed by atoms with Gasteiger partial charge in [0.25, 0.3) is 0 Å². The molecule has 5 heterocycles. The Morgan fingerprint density at radius 2 is 1.67 bits per heavy atom. The van der Waals surface area contributed by atoms with E-state index in [1.54, 1.807) is 6.20 Å². The number of carbonyl (C=O) groups excluding carboxylic acids is 1. The highest BCUT2D eigenvalue weighted by Crippen LogP contribution is 2.29. The van der Waals surface area contributed by atoms with E-state index in [-0.39, 0.29) is 11.8 Å². The van der Waals surface area contributed by atoms with Crippen molar-refractivity contribution in [2.45, 2.75) is 12.8 Å². The maximum Gasteiger partial charge on any atom is 0.227 e. The van der Waals surface area contributed by atoms with Crippen LogP contribution in [0.3, 0.4) is 0 Å². The lowest BCUT2D eigenvalue weighted by Crippen LogP contribution is -2.52. The van der Waals surface area contributed by atoms with Crippen LogP contribution in [0.5, 0.6) is 0 Å². The topological polar surface area (TPSA) is 57.0 Å². The van der Waals surface area contributed by atoms with E-state index in [0.717, 1.165) is 68.1 Å². The van der Waals surface area contributed by atoms with Crippen LogP contribution in [0, 0.1) is 5.92 Å². The number of piperazine rings is 1. The molecule has 0 radical (unpaired) electrons. The maximum atomic E-state index is 13.4. The number of amides is 1. The van der Waals surface area contributed by atoms with Crippen LogP contribution in [-0.2, 0) is 4.79 Å². The molecule has 3 aromatic heterocycles. The Bertz CT molecular complexity index is 1280. The summed E-state index contributed by atoms with van der Waals surface area (Å²) < 4.78 is 2.15. The van der Waals surface area contributed by atoms with Gasteiger partial charge in [0.1, 0.15) is 0 Å². The van der Waals surface area contributed by atoms with Gasteiger partial charge >= 0.3 is 0 Å². The number of hydrogen-bond acceptors (Lipinski definition) is 5. The summed E-state index contributed by atoms with van der Waals surface area (Å²) in [5.74, 6) is 1.23. The minimum atomic E-state index is 0.0123. The molecule has 1 unspecified atom stereocenters. The van der Waals surface area contributed by atoms with Gasteiger partial charge in [-0.1, -0.05) is 18.2 Å². The Kier molecular flexibility index (Phi) is 5.09. The first-order chi connectivity index (χ1) is 16.3. The van der Waals surface area contributed by atoms with Crippen molar-refractivity contribution in [1.29, 1.82) is 0 Å². The molecule has 7 nitrogen and oxygen atoms in total. The van der Waals surface area contributed by atoms with Crippen LogP contribution in [-0.4, -0.2) is 64.4 Å². The summed E-state index contributed by atoms with van der Waals surface area (Å²) in [6.07, 6.45) is 5.78. The molecule has 1 atom stereocenters. The Labute approximate surface area is 193 Å². The molecular weight excluding hydrogens is 412 g/mol. The smallest absolute Gasteiger partial charge is 0.227 e. The first kappa shape index (κ1) is 20.0. The summed E-state index contributed by atoms with van der Waals surface area (Å²) in [5, 5.41) is 0. The molecule has 0 saturated carbocycles. The Balaban J connectivity index is 1.19. The van der Waals surface area contributed by atoms with Crippen molar-refractivity contribution in [3.63, 3.8) is 0 Å². The summed E-state index contributed by atoms with van der Waals surface area (Å²) >= 11 is 0. The van der Waals surface area contributed by atoms with Crippen molar-refractivity contribution in [2.24, 2.45) is 5.92 Å². The normalized spacial score (nSPS) is 19.4. The van der Waals surface area contributed by atoms with E-state index < -0.39 is 0 Å². The second-order valence-corrected chi connectivity index (χ2v) is 8.98. The minimum absolute atomic E-state index is 0.0123. The molecule has 1 aromatic carbocycles. The molecule has 0 N–H and O–H groups in total. The van der Waals surface area contributed by atoms with Crippen molar-refractivity contribution < 1.29 is 4.79 Å². The molecule has 7 heteroatoms. The van der Waals surface area contributed by atoms with Gasteiger partial charge in [-0.05, 0) is 49.2 Å². The third-order valence-electron chi connectivity index (χ3n) is 7.00. The van der Waals surface area contributed by atoms with Gasteiger partial charge in [0.05, 0.1) is 17.0 Å². The summed E-state index contributed by atoms with van der Waals surface area (Å²) in [6.45, 7) is 4.96. The quantitative estimate of drug-likeness (QED) is 0.488. The molecule has 0 spiro atoms. The van der Waals surface area contributed by atoms with Crippen molar-refractivity contribution in [3.8, 4) is 0 Å². The zero-order chi connectivity index (χ0) is 22.2. The average Bonchev–Trinajstić information content (AvgIpc) is 3.39. The molecule has 1 amide bonds. The van der Waals surface area contributed by atoms with Gasteiger partial charge in [-0.15, -0.1) is 0 Å². The lowest BCUT2D eigenvalue weighted by molar-refractivity contribution is -0.136. The lowest BCUT2D eigenvalue weighted by atomic mass is 9.96. The SMILES string of the molecule is O=C(C1CCCN(c2nc3ncccc3n3cccc23)C1)N1CCN(c2ccccc2)CC1. The van der Waals surface area contributed by atoms with Gasteiger partial charge in [0.15, 0.2) is 11.5 Å². The minimum Gasteiger partial charge on any atom is -0.368 e. The molecule has 4 aromatic rings. The van der Waals surface area contributed by atoms with Crippen molar-refractivity contribution in [2.75, 3.05) is 49.1 Å². The molecule has 2 fully saturated rings. The van der Waals surface area contributed by atoms with Crippen LogP contribution < -0.4 is 9.80 Å².